The Bertz CT molecular complexity index is 149. The Morgan fingerprint density at radius 2 is 2.45 bits per heavy atom. The number of carbonyl (C=O) groups is 1. The van der Waals surface area contributed by atoms with Crippen molar-refractivity contribution >= 4 is 5.97 Å². The molecule has 1 rings (SSSR count). The molecule has 0 spiro atoms. The van der Waals surface area contributed by atoms with Crippen LogP contribution in [0.3, 0.4) is 0 Å². The van der Waals surface area contributed by atoms with Gasteiger partial charge in [-0.1, -0.05) is 0 Å². The summed E-state index contributed by atoms with van der Waals surface area (Å²) < 4.78 is 5.24. The largest absolute Gasteiger partial charge is 0.366 e. The van der Waals surface area contributed by atoms with Crippen LogP contribution in [0.5, 0.6) is 0 Å². The van der Waals surface area contributed by atoms with Gasteiger partial charge in [-0.2, -0.15) is 0 Å². The van der Waals surface area contributed by atoms with Gasteiger partial charge in [0.1, 0.15) is 6.23 Å². The molecule has 1 atom stereocenters. The molecular weight excluding hydrogens is 146 g/mol. The van der Waals surface area contributed by atoms with E-state index in [1.807, 2.05) is 6.92 Å². The topological polar surface area (TPSA) is 38.8 Å². The van der Waals surface area contributed by atoms with Crippen LogP contribution in [0.25, 0.3) is 0 Å². The molecular formula is C7H13NO3. The molecule has 11 heavy (non-hydrogen) atoms. The maximum atomic E-state index is 10.5. The Hall–Kier alpha value is -0.610. The molecule has 4 heteroatoms. The van der Waals surface area contributed by atoms with Gasteiger partial charge in [-0.3, -0.25) is 4.79 Å². The van der Waals surface area contributed by atoms with E-state index in [-0.39, 0.29) is 12.2 Å². The predicted octanol–water partition coefficient (Wildman–Crippen LogP) is 0.533. The lowest BCUT2D eigenvalue weighted by Gasteiger charge is -2.30. The maximum absolute atomic E-state index is 10.5. The first kappa shape index (κ1) is 8.49. The Labute approximate surface area is 66.0 Å². The van der Waals surface area contributed by atoms with Crippen LogP contribution in [0, 0.1) is 0 Å². The average molecular weight is 159 g/mol. The minimum absolute atomic E-state index is 0.104. The second-order valence-electron chi connectivity index (χ2n) is 2.55. The molecule has 0 bridgehead atoms. The van der Waals surface area contributed by atoms with E-state index < -0.39 is 0 Å². The van der Waals surface area contributed by atoms with Crippen LogP contribution in [-0.2, 0) is 14.4 Å². The lowest BCUT2D eigenvalue weighted by atomic mass is 10.4. The highest BCUT2D eigenvalue weighted by molar-refractivity contribution is 5.65. The average Bonchev–Trinajstić information content (AvgIpc) is 1.93. The van der Waals surface area contributed by atoms with Gasteiger partial charge in [-0.25, -0.2) is 0 Å². The highest BCUT2D eigenvalue weighted by Gasteiger charge is 2.20. The Balaban J connectivity index is 2.35. The number of hydrogen-bond acceptors (Lipinski definition) is 4. The summed E-state index contributed by atoms with van der Waals surface area (Å²) in [5.74, 6) is -0.289. The van der Waals surface area contributed by atoms with Crippen LogP contribution in [0.4, 0.5) is 0 Å². The van der Waals surface area contributed by atoms with Crippen molar-refractivity contribution in [1.29, 1.82) is 0 Å². The predicted molar refractivity (Wildman–Crippen MR) is 38.5 cm³/mol. The molecule has 1 unspecified atom stereocenters. The van der Waals surface area contributed by atoms with Crippen LogP contribution in [-0.4, -0.2) is 30.4 Å². The first-order valence-corrected chi connectivity index (χ1v) is 3.77. The first-order chi connectivity index (χ1) is 5.20. The Morgan fingerprint density at radius 1 is 1.73 bits per heavy atom. The third-order valence-electron chi connectivity index (χ3n) is 1.53. The van der Waals surface area contributed by atoms with Gasteiger partial charge < -0.3 is 9.57 Å². The zero-order valence-electron chi connectivity index (χ0n) is 6.87. The van der Waals surface area contributed by atoms with Gasteiger partial charge >= 0.3 is 5.97 Å². The van der Waals surface area contributed by atoms with Crippen molar-refractivity contribution in [2.45, 2.75) is 26.5 Å². The molecule has 64 valence electrons. The van der Waals surface area contributed by atoms with Crippen LogP contribution in [0.1, 0.15) is 20.3 Å². The second kappa shape index (κ2) is 3.69. The van der Waals surface area contributed by atoms with Gasteiger partial charge in [0.05, 0.1) is 6.61 Å². The van der Waals surface area contributed by atoms with Gasteiger partial charge in [0.15, 0.2) is 0 Å². The summed E-state index contributed by atoms with van der Waals surface area (Å²) in [6.07, 6.45) is 0.810. The molecule has 0 amide bonds. The van der Waals surface area contributed by atoms with Crippen LogP contribution < -0.4 is 0 Å². The van der Waals surface area contributed by atoms with Crippen molar-refractivity contribution in [3.05, 3.63) is 0 Å². The van der Waals surface area contributed by atoms with Crippen molar-refractivity contribution in [3.8, 4) is 0 Å². The smallest absolute Gasteiger partial charge is 0.322 e. The fourth-order valence-corrected chi connectivity index (χ4v) is 1.02. The van der Waals surface area contributed by atoms with Crippen LogP contribution in [0.2, 0.25) is 0 Å². The Morgan fingerprint density at radius 3 is 3.00 bits per heavy atom. The first-order valence-electron chi connectivity index (χ1n) is 3.77. The quantitative estimate of drug-likeness (QED) is 0.559. The molecule has 1 aliphatic rings. The van der Waals surface area contributed by atoms with E-state index in [1.165, 1.54) is 6.92 Å². The van der Waals surface area contributed by atoms with Gasteiger partial charge in [-0.05, 0) is 13.3 Å². The van der Waals surface area contributed by atoms with E-state index in [2.05, 4.69) is 0 Å². The maximum Gasteiger partial charge on any atom is 0.322 e. The third-order valence-corrected chi connectivity index (χ3v) is 1.53. The third kappa shape index (κ3) is 2.48. The SMILES string of the molecule is CC(=O)ON1CCCOC1C. The lowest BCUT2D eigenvalue weighted by Crippen LogP contribution is -2.41. The summed E-state index contributed by atoms with van der Waals surface area (Å²) in [6, 6.07) is 0. The molecule has 0 aromatic heterocycles. The van der Waals surface area contributed by atoms with E-state index in [1.54, 1.807) is 5.06 Å². The summed E-state index contributed by atoms with van der Waals surface area (Å²) in [4.78, 5) is 15.4. The number of hydrogen-bond donors (Lipinski definition) is 0. The van der Waals surface area contributed by atoms with Crippen molar-refractivity contribution in [1.82, 2.24) is 5.06 Å². The van der Waals surface area contributed by atoms with Gasteiger partial charge in [0, 0.05) is 13.5 Å². The number of rotatable bonds is 1. The molecule has 0 aromatic carbocycles. The number of ether oxygens (including phenoxy) is 1. The van der Waals surface area contributed by atoms with Crippen molar-refractivity contribution in [2.75, 3.05) is 13.2 Å². The number of carbonyl (C=O) groups excluding carboxylic acids is 1. The molecule has 1 saturated heterocycles. The van der Waals surface area contributed by atoms with Crippen LogP contribution in [0.15, 0.2) is 0 Å². The van der Waals surface area contributed by atoms with E-state index >= 15 is 0 Å². The standard InChI is InChI=1S/C7H13NO3/c1-6-8(11-7(2)9)4-3-5-10-6/h6H,3-5H2,1-2H3. The summed E-state index contributed by atoms with van der Waals surface area (Å²) in [6.45, 7) is 4.77. The second-order valence-corrected chi connectivity index (χ2v) is 2.55. The number of hydroxylamine groups is 2. The zero-order valence-corrected chi connectivity index (χ0v) is 6.87. The molecule has 1 fully saturated rings. The molecule has 0 N–H and O–H groups in total. The molecule has 1 aliphatic heterocycles. The zero-order chi connectivity index (χ0) is 8.27. The highest BCUT2D eigenvalue weighted by Crippen LogP contribution is 2.09. The van der Waals surface area contributed by atoms with E-state index in [4.69, 9.17) is 9.57 Å². The Kier molecular flexibility index (Phi) is 2.84. The fraction of sp³-hybridized carbons (Fsp3) is 0.857. The lowest BCUT2D eigenvalue weighted by molar-refractivity contribution is -0.254. The summed E-state index contributed by atoms with van der Waals surface area (Å²) in [7, 11) is 0. The van der Waals surface area contributed by atoms with Crippen molar-refractivity contribution in [2.24, 2.45) is 0 Å². The van der Waals surface area contributed by atoms with Crippen LogP contribution >= 0.6 is 0 Å². The van der Waals surface area contributed by atoms with E-state index in [9.17, 15) is 4.79 Å². The normalized spacial score (nSPS) is 26.5. The molecule has 0 aliphatic carbocycles. The highest BCUT2D eigenvalue weighted by atomic mass is 16.7. The van der Waals surface area contributed by atoms with Gasteiger partial charge in [-0.15, -0.1) is 5.06 Å². The summed E-state index contributed by atoms with van der Waals surface area (Å²) >= 11 is 0. The molecule has 4 nitrogen and oxygen atoms in total. The van der Waals surface area contributed by atoms with E-state index in [0.29, 0.717) is 0 Å². The molecule has 1 heterocycles. The molecule has 0 aromatic rings. The van der Waals surface area contributed by atoms with Crippen molar-refractivity contribution < 1.29 is 14.4 Å². The van der Waals surface area contributed by atoms with Gasteiger partial charge in [0.25, 0.3) is 0 Å². The minimum atomic E-state index is -0.289. The van der Waals surface area contributed by atoms with Crippen molar-refractivity contribution in [3.63, 3.8) is 0 Å². The van der Waals surface area contributed by atoms with Gasteiger partial charge in [0.2, 0.25) is 0 Å². The summed E-state index contributed by atoms with van der Waals surface area (Å²) in [5.41, 5.74) is 0. The number of nitrogens with zero attached hydrogens (tertiary/aromatic N) is 1. The minimum Gasteiger partial charge on any atom is -0.366 e. The fourth-order valence-electron chi connectivity index (χ4n) is 1.02. The summed E-state index contributed by atoms with van der Waals surface area (Å²) in [5, 5.41) is 1.56. The molecule has 0 radical (unpaired) electrons. The monoisotopic (exact) mass is 159 g/mol. The van der Waals surface area contributed by atoms with E-state index in [0.717, 1.165) is 19.6 Å². The molecule has 0 saturated carbocycles.